The molecule has 0 amide bonds. The average molecular weight is 733 g/mol. The molecule has 0 unspecified atom stereocenters. The van der Waals surface area contributed by atoms with Crippen molar-refractivity contribution in [3.8, 4) is 51.3 Å². The van der Waals surface area contributed by atoms with Crippen LogP contribution in [0.5, 0.6) is 34.5 Å². The van der Waals surface area contributed by atoms with Gasteiger partial charge in [0.25, 0.3) is 6.71 Å². The minimum atomic E-state index is -0.335. The van der Waals surface area contributed by atoms with Crippen LogP contribution >= 0.6 is 0 Å². The highest BCUT2D eigenvalue weighted by atomic mass is 16.5. The van der Waals surface area contributed by atoms with Crippen LogP contribution in [0.15, 0.2) is 164 Å². The molecule has 0 aliphatic carbocycles. The Hall–Kier alpha value is -7.18. The van der Waals surface area contributed by atoms with Gasteiger partial charge in [0, 0.05) is 50.4 Å². The molecular formula is C51H33BN2O3. The topological polar surface area (TPSA) is 35.9 Å². The number of fused-ring (bicyclic) bond motifs is 5. The van der Waals surface area contributed by atoms with Crippen molar-refractivity contribution in [1.29, 1.82) is 0 Å². The van der Waals surface area contributed by atoms with E-state index in [-0.39, 0.29) is 12.1 Å². The molecule has 0 atom stereocenters. The first-order valence-electron chi connectivity index (χ1n) is 19.6. The summed E-state index contributed by atoms with van der Waals surface area (Å²) in [6.45, 7) is 4.69. The molecule has 0 saturated heterocycles. The van der Waals surface area contributed by atoms with E-state index in [9.17, 15) is 0 Å². The van der Waals surface area contributed by atoms with Crippen LogP contribution in [0.3, 0.4) is 0 Å². The lowest BCUT2D eigenvalue weighted by molar-refractivity contribution is 0.443. The Labute approximate surface area is 330 Å². The highest BCUT2D eigenvalue weighted by molar-refractivity contribution is 6.99. The summed E-state index contributed by atoms with van der Waals surface area (Å²) >= 11 is 0. The monoisotopic (exact) mass is 732 g/mol. The van der Waals surface area contributed by atoms with E-state index < -0.39 is 0 Å². The summed E-state index contributed by atoms with van der Waals surface area (Å²) in [5.74, 6) is 4.90. The maximum atomic E-state index is 6.87. The fourth-order valence-electron chi connectivity index (χ4n) is 10.1. The van der Waals surface area contributed by atoms with E-state index in [4.69, 9.17) is 14.2 Å². The molecule has 8 aromatic carbocycles. The molecule has 0 fully saturated rings. The van der Waals surface area contributed by atoms with Crippen molar-refractivity contribution in [3.63, 3.8) is 0 Å². The van der Waals surface area contributed by atoms with Gasteiger partial charge in [-0.2, -0.15) is 0 Å². The highest BCUT2D eigenvalue weighted by Crippen LogP contribution is 2.56. The smallest absolute Gasteiger partial charge is 0.270 e. The van der Waals surface area contributed by atoms with Crippen LogP contribution in [0.2, 0.25) is 0 Å². The summed E-state index contributed by atoms with van der Waals surface area (Å²) in [6.07, 6.45) is 0. The number of hydrogen-bond acceptors (Lipinski definition) is 4. The van der Waals surface area contributed by atoms with Gasteiger partial charge >= 0.3 is 0 Å². The molecule has 1 aromatic heterocycles. The first kappa shape index (κ1) is 31.1. The van der Waals surface area contributed by atoms with Crippen LogP contribution in [0.25, 0.3) is 38.6 Å². The summed E-state index contributed by atoms with van der Waals surface area (Å²) in [6, 6.07) is 58.6. The maximum Gasteiger partial charge on any atom is 0.270 e. The number of nitrogens with zero attached hydrogens (tertiary/aromatic N) is 2. The van der Waals surface area contributed by atoms with E-state index in [1.807, 2.05) is 24.3 Å². The second-order valence-electron chi connectivity index (χ2n) is 16.1. The van der Waals surface area contributed by atoms with Gasteiger partial charge in [-0.3, -0.25) is 0 Å². The number of aromatic nitrogens is 1. The Morgan fingerprint density at radius 2 is 1.00 bits per heavy atom. The molecule has 0 bridgehead atoms. The summed E-state index contributed by atoms with van der Waals surface area (Å²) in [5, 5.41) is 2.47. The van der Waals surface area contributed by atoms with Crippen molar-refractivity contribution in [1.82, 2.24) is 4.57 Å². The largest absolute Gasteiger partial charge is 0.458 e. The molecule has 5 heterocycles. The zero-order chi connectivity index (χ0) is 37.6. The first-order chi connectivity index (χ1) is 28.0. The van der Waals surface area contributed by atoms with Crippen LogP contribution in [0.1, 0.15) is 25.0 Å². The molecule has 268 valence electrons. The molecule has 0 radical (unpaired) electrons. The second-order valence-corrected chi connectivity index (χ2v) is 16.1. The number of ether oxygens (including phenoxy) is 3. The standard InChI is InChI=1S/C51H33BN2O3/c1-51(2)36-25-31(30-13-5-3-6-14-30)23-24-39(36)54(41-29-40-35(28-37(41)51)34-17-9-10-18-38(34)53(40)32-15-7-4-8-16-32)33-26-46-50-47(27-33)57-45-22-12-20-43-49(45)52(50)48-42(55-43)19-11-21-44(48)56-46/h3-29H,1-2H3. The quantitative estimate of drug-likeness (QED) is 0.170. The third-order valence-electron chi connectivity index (χ3n) is 12.7. The van der Waals surface area contributed by atoms with Crippen molar-refractivity contribution in [2.75, 3.05) is 4.90 Å². The lowest BCUT2D eigenvalue weighted by Crippen LogP contribution is -2.59. The van der Waals surface area contributed by atoms with Crippen molar-refractivity contribution < 1.29 is 14.2 Å². The summed E-state index contributed by atoms with van der Waals surface area (Å²) in [4.78, 5) is 2.43. The third-order valence-corrected chi connectivity index (χ3v) is 12.7. The van der Waals surface area contributed by atoms with E-state index in [2.05, 4.69) is 163 Å². The molecule has 57 heavy (non-hydrogen) atoms. The molecule has 5 nitrogen and oxygen atoms in total. The van der Waals surface area contributed by atoms with Gasteiger partial charge in [-0.15, -0.1) is 0 Å². The Morgan fingerprint density at radius 1 is 0.421 bits per heavy atom. The lowest BCUT2D eigenvalue weighted by Gasteiger charge is -2.43. The Bertz CT molecular complexity index is 3130. The van der Waals surface area contributed by atoms with Crippen molar-refractivity contribution in [2.45, 2.75) is 19.3 Å². The number of anilines is 3. The minimum absolute atomic E-state index is 0.0489. The summed E-state index contributed by atoms with van der Waals surface area (Å²) in [7, 11) is 0. The fourth-order valence-corrected chi connectivity index (χ4v) is 10.1. The molecule has 0 spiro atoms. The predicted molar refractivity (Wildman–Crippen MR) is 231 cm³/mol. The van der Waals surface area contributed by atoms with Gasteiger partial charge in [-0.25, -0.2) is 0 Å². The minimum Gasteiger partial charge on any atom is -0.458 e. The molecule has 4 aliphatic heterocycles. The van der Waals surface area contributed by atoms with Gasteiger partial charge in [0.2, 0.25) is 0 Å². The van der Waals surface area contributed by atoms with E-state index in [0.29, 0.717) is 0 Å². The number of rotatable bonds is 3. The van der Waals surface area contributed by atoms with Gasteiger partial charge in [0.1, 0.15) is 34.5 Å². The van der Waals surface area contributed by atoms with Crippen LogP contribution < -0.4 is 35.5 Å². The fraction of sp³-hybridized carbons (Fsp3) is 0.0588. The van der Waals surface area contributed by atoms with Gasteiger partial charge in [0.05, 0.1) is 28.1 Å². The van der Waals surface area contributed by atoms with E-state index >= 15 is 0 Å². The molecular weight excluding hydrogens is 699 g/mol. The Kier molecular flexibility index (Phi) is 5.99. The first-order valence-corrected chi connectivity index (χ1v) is 19.6. The highest BCUT2D eigenvalue weighted by Gasteiger charge is 2.47. The molecule has 4 aliphatic rings. The zero-order valence-corrected chi connectivity index (χ0v) is 31.3. The number of benzene rings is 8. The van der Waals surface area contributed by atoms with E-state index in [1.54, 1.807) is 0 Å². The SMILES string of the molecule is CC1(C)c2cc(-c3ccccc3)ccc2N(c2cc3c4c(c2)Oc2cccc5c2B4c2c(cccc2O3)O5)c2cc3c(cc21)c1ccccc1n3-c1ccccc1. The third kappa shape index (κ3) is 4.14. The predicted octanol–water partition coefficient (Wildman–Crippen LogP) is 11.4. The molecule has 13 rings (SSSR count). The van der Waals surface area contributed by atoms with Crippen molar-refractivity contribution in [2.24, 2.45) is 0 Å². The number of para-hydroxylation sites is 2. The maximum absolute atomic E-state index is 6.87. The van der Waals surface area contributed by atoms with Gasteiger partial charge in [-0.05, 0) is 89.0 Å². The lowest BCUT2D eigenvalue weighted by atomic mass is 9.34. The van der Waals surface area contributed by atoms with E-state index in [0.717, 1.165) is 79.2 Å². The van der Waals surface area contributed by atoms with Gasteiger partial charge in [-0.1, -0.05) is 98.8 Å². The van der Waals surface area contributed by atoms with Crippen LogP contribution in [-0.2, 0) is 5.41 Å². The van der Waals surface area contributed by atoms with Crippen LogP contribution in [-0.4, -0.2) is 11.3 Å². The Balaban J connectivity index is 1.10. The number of hydrogen-bond donors (Lipinski definition) is 0. The van der Waals surface area contributed by atoms with E-state index in [1.165, 1.54) is 38.5 Å². The van der Waals surface area contributed by atoms with Crippen LogP contribution in [0.4, 0.5) is 17.1 Å². The van der Waals surface area contributed by atoms with Gasteiger partial charge in [0.15, 0.2) is 0 Å². The molecule has 0 N–H and O–H groups in total. The molecule has 0 saturated carbocycles. The summed E-state index contributed by atoms with van der Waals surface area (Å²) < 4.78 is 22.6. The average Bonchev–Trinajstić information content (AvgIpc) is 3.57. The van der Waals surface area contributed by atoms with Crippen molar-refractivity contribution in [3.05, 3.63) is 175 Å². The zero-order valence-electron chi connectivity index (χ0n) is 31.3. The van der Waals surface area contributed by atoms with Crippen LogP contribution in [0, 0.1) is 0 Å². The Morgan fingerprint density at radius 3 is 1.68 bits per heavy atom. The molecule has 6 heteroatoms. The summed E-state index contributed by atoms with van der Waals surface area (Å²) in [5.41, 5.74) is 14.4. The normalized spacial score (nSPS) is 14.6. The van der Waals surface area contributed by atoms with Crippen molar-refractivity contribution >= 4 is 62.0 Å². The van der Waals surface area contributed by atoms with Gasteiger partial charge < -0.3 is 23.7 Å². The molecule has 9 aromatic rings. The second kappa shape index (κ2) is 11.0.